The number of tetrazole rings is 1. The zero-order chi connectivity index (χ0) is 23.5. The van der Waals surface area contributed by atoms with E-state index >= 15 is 0 Å². The van der Waals surface area contributed by atoms with Crippen molar-refractivity contribution in [1.29, 1.82) is 0 Å². The molecule has 0 aliphatic heterocycles. The van der Waals surface area contributed by atoms with Gasteiger partial charge in [-0.3, -0.25) is 0 Å². The van der Waals surface area contributed by atoms with E-state index in [0.717, 1.165) is 45.4 Å². The van der Waals surface area contributed by atoms with Crippen molar-refractivity contribution >= 4 is 46.4 Å². The Morgan fingerprint density at radius 2 is 1.72 bits per heavy atom. The first kappa shape index (κ1) is 23.3. The molecular weight excluding hydrogens is 472 g/mol. The predicted octanol–water partition coefficient (Wildman–Crippen LogP) is 5.85. The molecule has 3 aromatic heterocycles. The normalized spacial score (nSPS) is 11.2. The smallest absolute Gasteiger partial charge is 0.184 e. The molecule has 0 fully saturated rings. The van der Waals surface area contributed by atoms with E-state index in [-0.39, 0.29) is 19.1 Å². The molecule has 0 aliphatic carbocycles. The maximum atomic E-state index is 6.02. The Kier molecular flexibility index (Phi) is 6.73. The lowest BCUT2D eigenvalue weighted by Gasteiger charge is -2.11. The van der Waals surface area contributed by atoms with Crippen molar-refractivity contribution in [2.75, 3.05) is 0 Å². The molecule has 0 saturated heterocycles. The van der Waals surface area contributed by atoms with E-state index < -0.39 is 0 Å². The highest BCUT2D eigenvalue weighted by Crippen LogP contribution is 2.28. The molecule has 0 amide bonds. The zero-order valence-electron chi connectivity index (χ0n) is 19.3. The number of halogens is 1. The van der Waals surface area contributed by atoms with Crippen molar-refractivity contribution in [2.45, 2.75) is 13.3 Å². The van der Waals surface area contributed by atoms with Gasteiger partial charge in [-0.25, -0.2) is 4.98 Å². The van der Waals surface area contributed by atoms with Crippen molar-refractivity contribution in [3.8, 4) is 5.75 Å². The van der Waals surface area contributed by atoms with E-state index in [4.69, 9.17) is 9.72 Å². The molecule has 3 aromatic carbocycles. The second-order valence-corrected chi connectivity index (χ2v) is 8.27. The van der Waals surface area contributed by atoms with E-state index in [1.807, 2.05) is 36.4 Å². The van der Waals surface area contributed by atoms with E-state index in [1.165, 1.54) is 11.9 Å². The predicted molar refractivity (Wildman–Crippen MR) is 144 cm³/mol. The number of pyridine rings is 1. The van der Waals surface area contributed by atoms with Crippen LogP contribution in [0.2, 0.25) is 0 Å². The molecule has 0 atom stereocenters. The highest BCUT2D eigenvalue weighted by molar-refractivity contribution is 5.86. The lowest BCUT2D eigenvalue weighted by atomic mass is 10.1. The molecule has 0 saturated carbocycles. The van der Waals surface area contributed by atoms with Crippen molar-refractivity contribution < 1.29 is 4.74 Å². The van der Waals surface area contributed by atoms with Gasteiger partial charge in [0.05, 0.1) is 16.7 Å². The highest BCUT2D eigenvalue weighted by atomic mass is 35.5. The largest absolute Gasteiger partial charge is 0.469 e. The zero-order valence-corrected chi connectivity index (χ0v) is 20.1. The Bertz CT molecular complexity index is 1640. The molecule has 6 rings (SSSR count). The Hall–Kier alpha value is -4.49. The van der Waals surface area contributed by atoms with Crippen LogP contribution in [0.3, 0.4) is 0 Å². The summed E-state index contributed by atoms with van der Waals surface area (Å²) in [5.41, 5.74) is 5.31. The average Bonchev–Trinajstić information content (AvgIpc) is 3.57. The first-order valence-corrected chi connectivity index (χ1v) is 11.4. The Morgan fingerprint density at radius 3 is 2.64 bits per heavy atom. The van der Waals surface area contributed by atoms with Crippen molar-refractivity contribution in [3.05, 3.63) is 114 Å². The molecule has 7 nitrogen and oxygen atoms in total. The lowest BCUT2D eigenvalue weighted by Crippen LogP contribution is -2.07. The quantitative estimate of drug-likeness (QED) is 0.278. The van der Waals surface area contributed by atoms with Crippen LogP contribution in [-0.2, 0) is 13.3 Å². The topological polar surface area (TPSA) is 70.7 Å². The molecule has 36 heavy (non-hydrogen) atoms. The molecule has 0 bridgehead atoms. The SMILES string of the molecule is C(=C\c1ccc2ccccc2n1)/c1cccc(Cn2ccc3cccc(OCn4cnnn4)c32)c1.Cl. The van der Waals surface area contributed by atoms with Crippen LogP contribution in [0, 0.1) is 0 Å². The van der Waals surface area contributed by atoms with Crippen molar-refractivity contribution in [1.82, 2.24) is 29.8 Å². The Balaban J connectivity index is 0.00000267. The number of hydrogen-bond donors (Lipinski definition) is 0. The first-order chi connectivity index (χ1) is 17.3. The van der Waals surface area contributed by atoms with Crippen LogP contribution in [0.5, 0.6) is 5.75 Å². The number of fused-ring (bicyclic) bond motifs is 2. The van der Waals surface area contributed by atoms with E-state index in [0.29, 0.717) is 0 Å². The van der Waals surface area contributed by atoms with Crippen LogP contribution in [0.4, 0.5) is 0 Å². The molecule has 0 radical (unpaired) electrons. The molecule has 0 N–H and O–H groups in total. The van der Waals surface area contributed by atoms with Gasteiger partial charge in [-0.2, -0.15) is 4.68 Å². The summed E-state index contributed by atoms with van der Waals surface area (Å²) in [6.07, 6.45) is 7.79. The van der Waals surface area contributed by atoms with Gasteiger partial charge in [-0.1, -0.05) is 60.7 Å². The van der Waals surface area contributed by atoms with Gasteiger partial charge in [0.2, 0.25) is 0 Å². The van der Waals surface area contributed by atoms with Crippen molar-refractivity contribution in [3.63, 3.8) is 0 Å². The van der Waals surface area contributed by atoms with Gasteiger partial charge in [-0.15, -0.1) is 17.5 Å². The van der Waals surface area contributed by atoms with Gasteiger partial charge in [0.25, 0.3) is 0 Å². The fourth-order valence-corrected chi connectivity index (χ4v) is 4.20. The average molecular weight is 495 g/mol. The molecule has 178 valence electrons. The van der Waals surface area contributed by atoms with Gasteiger partial charge in [0, 0.05) is 23.5 Å². The monoisotopic (exact) mass is 494 g/mol. The summed E-state index contributed by atoms with van der Waals surface area (Å²) in [6, 6.07) is 29.0. The number of rotatable bonds is 7. The number of aromatic nitrogens is 6. The summed E-state index contributed by atoms with van der Waals surface area (Å²) >= 11 is 0. The van der Waals surface area contributed by atoms with Gasteiger partial charge in [-0.05, 0) is 58.0 Å². The highest BCUT2D eigenvalue weighted by Gasteiger charge is 2.09. The third-order valence-electron chi connectivity index (χ3n) is 5.87. The Labute approximate surface area is 214 Å². The fraction of sp³-hybridized carbons (Fsp3) is 0.0714. The third-order valence-corrected chi connectivity index (χ3v) is 5.87. The maximum absolute atomic E-state index is 6.02. The van der Waals surface area contributed by atoms with Gasteiger partial charge in [0.15, 0.2) is 6.73 Å². The second kappa shape index (κ2) is 10.4. The summed E-state index contributed by atoms with van der Waals surface area (Å²) in [6.45, 7) is 0.977. The fourth-order valence-electron chi connectivity index (χ4n) is 4.20. The van der Waals surface area contributed by atoms with Gasteiger partial charge < -0.3 is 9.30 Å². The number of nitrogens with zero attached hydrogens (tertiary/aromatic N) is 6. The van der Waals surface area contributed by atoms with Crippen LogP contribution in [-0.4, -0.2) is 29.8 Å². The standard InChI is InChI=1S/C28H22N6O.ClH/c1-2-9-26-23(7-1)12-14-25(30-26)13-11-21-5-3-6-22(17-21)18-33-16-15-24-8-4-10-27(28(24)33)35-20-34-19-29-31-32-34;/h1-17,19H,18,20H2;1H/b13-11+;. The number of benzene rings is 3. The molecule has 8 heteroatoms. The summed E-state index contributed by atoms with van der Waals surface area (Å²) < 4.78 is 9.78. The summed E-state index contributed by atoms with van der Waals surface area (Å²) in [7, 11) is 0. The van der Waals surface area contributed by atoms with Crippen LogP contribution in [0.1, 0.15) is 16.8 Å². The first-order valence-electron chi connectivity index (χ1n) is 11.4. The van der Waals surface area contributed by atoms with Crippen LogP contribution in [0.15, 0.2) is 97.5 Å². The van der Waals surface area contributed by atoms with Gasteiger partial charge >= 0.3 is 0 Å². The van der Waals surface area contributed by atoms with Crippen LogP contribution in [0.25, 0.3) is 34.0 Å². The molecular formula is C28H23ClN6O. The van der Waals surface area contributed by atoms with Gasteiger partial charge in [0.1, 0.15) is 12.1 Å². The minimum Gasteiger partial charge on any atom is -0.469 e. The van der Waals surface area contributed by atoms with Crippen LogP contribution >= 0.6 is 12.4 Å². The van der Waals surface area contributed by atoms with Crippen molar-refractivity contribution in [2.24, 2.45) is 0 Å². The van der Waals surface area contributed by atoms with Crippen LogP contribution < -0.4 is 4.74 Å². The number of ether oxygens (including phenoxy) is 1. The molecule has 3 heterocycles. The third kappa shape index (κ3) is 4.96. The molecule has 0 unspecified atom stereocenters. The summed E-state index contributed by atoms with van der Waals surface area (Å²) in [4.78, 5) is 4.73. The summed E-state index contributed by atoms with van der Waals surface area (Å²) in [5.74, 6) is 0.793. The van der Waals surface area contributed by atoms with E-state index in [2.05, 4.69) is 87.0 Å². The lowest BCUT2D eigenvalue weighted by molar-refractivity contribution is 0.220. The number of hydrogen-bond acceptors (Lipinski definition) is 5. The molecule has 0 aliphatic rings. The Morgan fingerprint density at radius 1 is 0.833 bits per heavy atom. The second-order valence-electron chi connectivity index (χ2n) is 8.27. The summed E-state index contributed by atoms with van der Waals surface area (Å²) in [5, 5.41) is 13.4. The molecule has 0 spiro atoms. The van der Waals surface area contributed by atoms with E-state index in [9.17, 15) is 0 Å². The van der Waals surface area contributed by atoms with E-state index in [1.54, 1.807) is 4.68 Å². The minimum absolute atomic E-state index is 0. The minimum atomic E-state index is 0. The maximum Gasteiger partial charge on any atom is 0.184 e. The molecule has 6 aromatic rings. The number of para-hydroxylation sites is 2.